The molecule has 0 fully saturated rings. The largest absolute Gasteiger partial charge is 0.452 e. The van der Waals surface area contributed by atoms with E-state index in [9.17, 15) is 9.59 Å². The Balaban J connectivity index is 1.75. The van der Waals surface area contributed by atoms with Gasteiger partial charge in [0.15, 0.2) is 12.4 Å². The molecule has 1 N–H and O–H groups in total. The number of anilines is 1. The van der Waals surface area contributed by atoms with Gasteiger partial charge in [-0.2, -0.15) is 0 Å². The van der Waals surface area contributed by atoms with Crippen LogP contribution in [0.5, 0.6) is 0 Å². The Morgan fingerprint density at radius 3 is 2.75 bits per heavy atom. The second-order valence-corrected chi connectivity index (χ2v) is 3.78. The number of carbonyl (C=O) groups is 2. The average Bonchev–Trinajstić information content (AvgIpc) is 2.97. The molecule has 0 aliphatic carbocycles. The van der Waals surface area contributed by atoms with E-state index in [-0.39, 0.29) is 12.4 Å². The molecule has 0 unspecified atom stereocenters. The number of benzene rings is 1. The van der Waals surface area contributed by atoms with Crippen LogP contribution in [0.4, 0.5) is 5.82 Å². The van der Waals surface area contributed by atoms with Crippen LogP contribution < -0.4 is 5.32 Å². The average molecular weight is 272 g/mol. The number of hydrogen-bond acceptors (Lipinski definition) is 5. The monoisotopic (exact) mass is 272 g/mol. The molecule has 0 aliphatic heterocycles. The summed E-state index contributed by atoms with van der Waals surface area (Å²) in [7, 11) is 0. The van der Waals surface area contributed by atoms with Crippen molar-refractivity contribution in [3.05, 3.63) is 54.3 Å². The fraction of sp³-hybridized carbons (Fsp3) is 0.0714. The van der Waals surface area contributed by atoms with Crippen LogP contribution in [0.2, 0.25) is 0 Å². The lowest BCUT2D eigenvalue weighted by atomic mass is 10.2. The number of nitrogens with one attached hydrogen (secondary N) is 1. The molecule has 2 rings (SSSR count). The maximum Gasteiger partial charge on any atom is 0.331 e. The third kappa shape index (κ3) is 4.41. The Bertz CT molecular complexity index is 591. The molecule has 6 nitrogen and oxygen atoms in total. The van der Waals surface area contributed by atoms with Crippen molar-refractivity contribution in [2.24, 2.45) is 0 Å². The van der Waals surface area contributed by atoms with E-state index in [4.69, 9.17) is 4.74 Å². The fourth-order valence-electron chi connectivity index (χ4n) is 1.37. The highest BCUT2D eigenvalue weighted by molar-refractivity contribution is 5.93. The molecule has 0 saturated carbocycles. The van der Waals surface area contributed by atoms with Crippen molar-refractivity contribution >= 4 is 23.8 Å². The fourth-order valence-corrected chi connectivity index (χ4v) is 1.37. The zero-order valence-corrected chi connectivity index (χ0v) is 10.5. The van der Waals surface area contributed by atoms with Crippen LogP contribution >= 0.6 is 0 Å². The molecule has 0 bridgehead atoms. The number of nitrogens with zero attached hydrogens (tertiary/aromatic N) is 1. The highest BCUT2D eigenvalue weighted by Gasteiger charge is 2.06. The Labute approximate surface area is 115 Å². The predicted molar refractivity (Wildman–Crippen MR) is 71.6 cm³/mol. The second-order valence-electron chi connectivity index (χ2n) is 3.78. The summed E-state index contributed by atoms with van der Waals surface area (Å²) in [5.74, 6) is -0.810. The Hall–Kier alpha value is -2.89. The van der Waals surface area contributed by atoms with Crippen molar-refractivity contribution < 1.29 is 18.8 Å². The Kier molecular flexibility index (Phi) is 4.66. The van der Waals surface area contributed by atoms with Gasteiger partial charge in [-0.05, 0) is 11.6 Å². The maximum absolute atomic E-state index is 11.4. The van der Waals surface area contributed by atoms with Crippen LogP contribution in [0.1, 0.15) is 5.56 Å². The third-order valence-corrected chi connectivity index (χ3v) is 2.26. The number of carbonyl (C=O) groups excluding carboxylic acids is 2. The molecule has 1 aromatic heterocycles. The van der Waals surface area contributed by atoms with E-state index >= 15 is 0 Å². The molecule has 102 valence electrons. The predicted octanol–water partition coefficient (Wildman–Crippen LogP) is 1.87. The molecule has 1 heterocycles. The summed E-state index contributed by atoms with van der Waals surface area (Å²) < 4.78 is 9.32. The molecule has 20 heavy (non-hydrogen) atoms. The van der Waals surface area contributed by atoms with Gasteiger partial charge in [-0.1, -0.05) is 35.5 Å². The first-order chi connectivity index (χ1) is 9.74. The number of amides is 1. The number of hydrogen-bond donors (Lipinski definition) is 1. The van der Waals surface area contributed by atoms with Crippen LogP contribution in [-0.4, -0.2) is 23.6 Å². The highest BCUT2D eigenvalue weighted by atomic mass is 16.5. The normalized spacial score (nSPS) is 10.4. The van der Waals surface area contributed by atoms with E-state index in [1.807, 2.05) is 30.3 Å². The van der Waals surface area contributed by atoms with E-state index in [0.717, 1.165) is 5.56 Å². The third-order valence-electron chi connectivity index (χ3n) is 2.26. The molecule has 0 aliphatic rings. The van der Waals surface area contributed by atoms with E-state index in [0.29, 0.717) is 0 Å². The van der Waals surface area contributed by atoms with Crippen molar-refractivity contribution in [1.29, 1.82) is 0 Å². The summed E-state index contributed by atoms with van der Waals surface area (Å²) in [5, 5.41) is 5.90. The molecule has 1 aromatic carbocycles. The summed E-state index contributed by atoms with van der Waals surface area (Å²) in [5.41, 5.74) is 0.872. The first kappa shape index (κ1) is 13.5. The van der Waals surface area contributed by atoms with Crippen LogP contribution in [0.15, 0.2) is 53.3 Å². The van der Waals surface area contributed by atoms with Gasteiger partial charge in [-0.3, -0.25) is 4.79 Å². The van der Waals surface area contributed by atoms with Gasteiger partial charge in [0.2, 0.25) is 0 Å². The number of aromatic nitrogens is 1. The van der Waals surface area contributed by atoms with Crippen LogP contribution in [0.25, 0.3) is 6.08 Å². The minimum Gasteiger partial charge on any atom is -0.452 e. The number of ether oxygens (including phenoxy) is 1. The molecular formula is C14H12N2O4. The lowest BCUT2D eigenvalue weighted by Gasteiger charge is -2.01. The number of rotatable bonds is 5. The molecule has 2 aromatic rings. The zero-order chi connectivity index (χ0) is 14.2. The van der Waals surface area contributed by atoms with Gasteiger partial charge in [0.25, 0.3) is 5.91 Å². The standard InChI is InChI=1S/C14H12N2O4/c17-13(15-12-8-9-20-16-12)10-19-14(18)7-6-11-4-2-1-3-5-11/h1-9H,10H2,(H,15,16,17)/b7-6+. The highest BCUT2D eigenvalue weighted by Crippen LogP contribution is 2.02. The molecule has 0 atom stereocenters. The molecule has 1 amide bonds. The Morgan fingerprint density at radius 2 is 2.05 bits per heavy atom. The van der Waals surface area contributed by atoms with Crippen molar-refractivity contribution in [3.63, 3.8) is 0 Å². The van der Waals surface area contributed by atoms with Gasteiger partial charge >= 0.3 is 5.97 Å². The SMILES string of the molecule is O=C(COC(=O)/C=C/c1ccccc1)Nc1ccon1. The minimum absolute atomic E-state index is 0.269. The summed E-state index contributed by atoms with van der Waals surface area (Å²) >= 11 is 0. The molecule has 0 spiro atoms. The van der Waals surface area contributed by atoms with Gasteiger partial charge in [0.1, 0.15) is 6.26 Å². The van der Waals surface area contributed by atoms with Crippen LogP contribution in [0, 0.1) is 0 Å². The maximum atomic E-state index is 11.4. The first-order valence-corrected chi connectivity index (χ1v) is 5.84. The summed E-state index contributed by atoms with van der Waals surface area (Å²) in [6, 6.07) is 10.8. The smallest absolute Gasteiger partial charge is 0.331 e. The zero-order valence-electron chi connectivity index (χ0n) is 10.5. The van der Waals surface area contributed by atoms with Gasteiger partial charge < -0.3 is 14.6 Å². The van der Waals surface area contributed by atoms with Crippen molar-refractivity contribution in [3.8, 4) is 0 Å². The molecule has 6 heteroatoms. The summed E-state index contributed by atoms with van der Waals surface area (Å²) in [6.07, 6.45) is 4.20. The minimum atomic E-state index is -0.593. The van der Waals surface area contributed by atoms with Crippen molar-refractivity contribution in [2.75, 3.05) is 11.9 Å². The van der Waals surface area contributed by atoms with Gasteiger partial charge in [-0.15, -0.1) is 0 Å². The lowest BCUT2D eigenvalue weighted by molar-refractivity contribution is -0.142. The van der Waals surface area contributed by atoms with Crippen LogP contribution in [0.3, 0.4) is 0 Å². The molecule has 0 saturated heterocycles. The van der Waals surface area contributed by atoms with Crippen molar-refractivity contribution in [2.45, 2.75) is 0 Å². The quantitative estimate of drug-likeness (QED) is 0.663. The second kappa shape index (κ2) is 6.89. The van der Waals surface area contributed by atoms with E-state index < -0.39 is 11.9 Å². The summed E-state index contributed by atoms with van der Waals surface area (Å²) in [4.78, 5) is 22.8. The molecular weight excluding hydrogens is 260 g/mol. The van der Waals surface area contributed by atoms with Gasteiger partial charge in [0, 0.05) is 12.1 Å². The van der Waals surface area contributed by atoms with E-state index in [2.05, 4.69) is 15.0 Å². The lowest BCUT2D eigenvalue weighted by Crippen LogP contribution is -2.20. The van der Waals surface area contributed by atoms with E-state index in [1.165, 1.54) is 18.4 Å². The first-order valence-electron chi connectivity index (χ1n) is 5.84. The number of esters is 1. The van der Waals surface area contributed by atoms with Gasteiger partial charge in [0.05, 0.1) is 0 Å². The van der Waals surface area contributed by atoms with E-state index in [1.54, 1.807) is 6.08 Å². The van der Waals surface area contributed by atoms with Gasteiger partial charge in [-0.25, -0.2) is 4.79 Å². The Morgan fingerprint density at radius 1 is 1.25 bits per heavy atom. The van der Waals surface area contributed by atoms with Crippen molar-refractivity contribution in [1.82, 2.24) is 5.16 Å². The van der Waals surface area contributed by atoms with Crippen LogP contribution in [-0.2, 0) is 14.3 Å². The molecule has 0 radical (unpaired) electrons. The topological polar surface area (TPSA) is 81.4 Å². The summed E-state index contributed by atoms with van der Waals surface area (Å²) in [6.45, 7) is -0.384.